The molecule has 0 bridgehead atoms. The van der Waals surface area contributed by atoms with Crippen LogP contribution in [0.2, 0.25) is 0 Å². The second-order valence-electron chi connectivity index (χ2n) is 6.63. The third kappa shape index (κ3) is 3.61. The molecule has 4 rings (SSSR count). The molecule has 0 fully saturated rings. The Hall–Kier alpha value is -2.83. The predicted octanol–water partition coefficient (Wildman–Crippen LogP) is 5.25. The molecule has 0 amide bonds. The maximum Gasteiger partial charge on any atom is 0.201 e. The first-order valence-corrected chi connectivity index (χ1v) is 12.0. The SMILES string of the molecule is CSc1ccccc1-c1c(-c2ccc(S(C)(=O)=O)cc2)oc2ccccc2c1=O. The lowest BCUT2D eigenvalue weighted by atomic mass is 9.98. The van der Waals surface area contributed by atoms with Gasteiger partial charge in [0.25, 0.3) is 0 Å². The topological polar surface area (TPSA) is 64.3 Å². The maximum absolute atomic E-state index is 13.5. The van der Waals surface area contributed by atoms with Crippen molar-refractivity contribution >= 4 is 32.6 Å². The molecule has 0 aliphatic heterocycles. The Bertz CT molecular complexity index is 1370. The summed E-state index contributed by atoms with van der Waals surface area (Å²) < 4.78 is 29.8. The zero-order chi connectivity index (χ0) is 20.6. The van der Waals surface area contributed by atoms with Gasteiger partial charge in [0.1, 0.15) is 11.3 Å². The van der Waals surface area contributed by atoms with Crippen molar-refractivity contribution in [3.63, 3.8) is 0 Å². The molecule has 1 heterocycles. The van der Waals surface area contributed by atoms with Crippen LogP contribution in [0.1, 0.15) is 0 Å². The Morgan fingerprint density at radius 3 is 2.21 bits per heavy atom. The molecule has 146 valence electrons. The van der Waals surface area contributed by atoms with Crippen LogP contribution in [-0.4, -0.2) is 20.9 Å². The molecule has 6 heteroatoms. The second kappa shape index (κ2) is 7.54. The van der Waals surface area contributed by atoms with Crippen LogP contribution in [0.25, 0.3) is 33.4 Å². The van der Waals surface area contributed by atoms with Gasteiger partial charge in [-0.3, -0.25) is 4.79 Å². The van der Waals surface area contributed by atoms with E-state index in [-0.39, 0.29) is 10.3 Å². The Morgan fingerprint density at radius 1 is 0.862 bits per heavy atom. The van der Waals surface area contributed by atoms with Crippen LogP contribution in [0.4, 0.5) is 0 Å². The van der Waals surface area contributed by atoms with Crippen LogP contribution in [0.15, 0.2) is 91.8 Å². The summed E-state index contributed by atoms with van der Waals surface area (Å²) in [5.41, 5.74) is 2.29. The van der Waals surface area contributed by atoms with Gasteiger partial charge in [0.15, 0.2) is 9.84 Å². The van der Waals surface area contributed by atoms with Crippen molar-refractivity contribution in [2.75, 3.05) is 12.5 Å². The highest BCUT2D eigenvalue weighted by atomic mass is 32.2. The predicted molar refractivity (Wildman–Crippen MR) is 118 cm³/mol. The standard InChI is InChI=1S/C23H18O4S2/c1-28-20-10-6-4-8-18(20)21-22(24)17-7-3-5-9-19(17)27-23(21)15-11-13-16(14-12-15)29(2,25)26/h3-14H,1-2H3. The van der Waals surface area contributed by atoms with E-state index in [1.54, 1.807) is 36.0 Å². The third-order valence-corrected chi connectivity index (χ3v) is 6.64. The number of rotatable bonds is 4. The zero-order valence-corrected chi connectivity index (χ0v) is 17.5. The summed E-state index contributed by atoms with van der Waals surface area (Å²) in [6, 6.07) is 21.2. The van der Waals surface area contributed by atoms with E-state index < -0.39 is 9.84 Å². The molecule has 0 saturated carbocycles. The van der Waals surface area contributed by atoms with E-state index in [9.17, 15) is 13.2 Å². The van der Waals surface area contributed by atoms with Gasteiger partial charge < -0.3 is 4.42 Å². The van der Waals surface area contributed by atoms with Crippen LogP contribution in [0, 0.1) is 0 Å². The van der Waals surface area contributed by atoms with E-state index in [1.165, 1.54) is 12.1 Å². The van der Waals surface area contributed by atoms with Gasteiger partial charge in [-0.1, -0.05) is 30.3 Å². The molecule has 4 aromatic rings. The molecule has 4 nitrogen and oxygen atoms in total. The molecule has 0 spiro atoms. The van der Waals surface area contributed by atoms with Crippen molar-refractivity contribution in [3.8, 4) is 22.5 Å². The van der Waals surface area contributed by atoms with Gasteiger partial charge in [0.05, 0.1) is 15.8 Å². The van der Waals surface area contributed by atoms with Crippen molar-refractivity contribution in [2.24, 2.45) is 0 Å². The number of sulfone groups is 1. The van der Waals surface area contributed by atoms with E-state index in [4.69, 9.17) is 4.42 Å². The lowest BCUT2D eigenvalue weighted by Crippen LogP contribution is -2.08. The average Bonchev–Trinajstić information content (AvgIpc) is 2.73. The minimum Gasteiger partial charge on any atom is -0.455 e. The summed E-state index contributed by atoms with van der Waals surface area (Å²) in [4.78, 5) is 14.6. The van der Waals surface area contributed by atoms with Gasteiger partial charge in [-0.25, -0.2) is 8.42 Å². The fraction of sp³-hybridized carbons (Fsp3) is 0.0870. The van der Waals surface area contributed by atoms with E-state index >= 15 is 0 Å². The second-order valence-corrected chi connectivity index (χ2v) is 9.49. The molecule has 0 unspecified atom stereocenters. The summed E-state index contributed by atoms with van der Waals surface area (Å²) in [5.74, 6) is 0.426. The molecule has 0 aliphatic carbocycles. The Labute approximate surface area is 173 Å². The largest absolute Gasteiger partial charge is 0.455 e. The van der Waals surface area contributed by atoms with Crippen molar-refractivity contribution in [1.29, 1.82) is 0 Å². The summed E-state index contributed by atoms with van der Waals surface area (Å²) in [6.45, 7) is 0. The lowest BCUT2D eigenvalue weighted by Gasteiger charge is -2.13. The first-order valence-electron chi connectivity index (χ1n) is 8.90. The molecule has 3 aromatic carbocycles. The number of thioether (sulfide) groups is 1. The zero-order valence-electron chi connectivity index (χ0n) is 15.9. The number of fused-ring (bicyclic) bond motifs is 1. The molecule has 0 N–H and O–H groups in total. The van der Waals surface area contributed by atoms with Crippen molar-refractivity contribution < 1.29 is 12.8 Å². The lowest BCUT2D eigenvalue weighted by molar-refractivity contribution is 0.601. The summed E-state index contributed by atoms with van der Waals surface area (Å²) >= 11 is 1.55. The van der Waals surface area contributed by atoms with E-state index in [0.29, 0.717) is 27.9 Å². The van der Waals surface area contributed by atoms with Gasteiger partial charge in [-0.2, -0.15) is 0 Å². The molecule has 0 radical (unpaired) electrons. The fourth-order valence-corrected chi connectivity index (χ4v) is 4.53. The van der Waals surface area contributed by atoms with Crippen LogP contribution >= 0.6 is 11.8 Å². The minimum atomic E-state index is -3.31. The van der Waals surface area contributed by atoms with Crippen molar-refractivity contribution in [3.05, 3.63) is 83.0 Å². The monoisotopic (exact) mass is 422 g/mol. The Morgan fingerprint density at radius 2 is 1.52 bits per heavy atom. The van der Waals surface area contributed by atoms with E-state index in [2.05, 4.69) is 0 Å². The highest BCUT2D eigenvalue weighted by molar-refractivity contribution is 7.98. The first kappa shape index (κ1) is 19.5. The highest BCUT2D eigenvalue weighted by Crippen LogP contribution is 2.37. The quantitative estimate of drug-likeness (QED) is 0.420. The molecule has 0 saturated heterocycles. The molecular formula is C23H18O4S2. The number of benzene rings is 3. The summed E-state index contributed by atoms with van der Waals surface area (Å²) in [6.07, 6.45) is 3.13. The molecule has 0 aliphatic rings. The Balaban J connectivity index is 2.06. The third-order valence-electron chi connectivity index (χ3n) is 4.72. The van der Waals surface area contributed by atoms with Crippen molar-refractivity contribution in [2.45, 2.75) is 9.79 Å². The summed E-state index contributed by atoms with van der Waals surface area (Å²) in [7, 11) is -3.31. The molecule has 29 heavy (non-hydrogen) atoms. The molecule has 0 atom stereocenters. The molecule has 1 aromatic heterocycles. The van der Waals surface area contributed by atoms with Gasteiger partial charge in [-0.05, 0) is 48.7 Å². The Kier molecular flexibility index (Phi) is 5.06. The molecular weight excluding hydrogens is 404 g/mol. The normalized spacial score (nSPS) is 11.7. The fourth-order valence-electron chi connectivity index (χ4n) is 3.29. The maximum atomic E-state index is 13.5. The van der Waals surface area contributed by atoms with Gasteiger partial charge in [-0.15, -0.1) is 11.8 Å². The van der Waals surface area contributed by atoms with Crippen LogP contribution in [0.5, 0.6) is 0 Å². The van der Waals surface area contributed by atoms with Crippen molar-refractivity contribution in [1.82, 2.24) is 0 Å². The van der Waals surface area contributed by atoms with Gasteiger partial charge in [0.2, 0.25) is 5.43 Å². The summed E-state index contributed by atoms with van der Waals surface area (Å²) in [5, 5.41) is 0.509. The number of para-hydroxylation sites is 1. The van der Waals surface area contributed by atoms with Gasteiger partial charge >= 0.3 is 0 Å². The minimum absolute atomic E-state index is 0.115. The average molecular weight is 423 g/mol. The van der Waals surface area contributed by atoms with Gasteiger partial charge in [0, 0.05) is 22.3 Å². The van der Waals surface area contributed by atoms with Crippen LogP contribution < -0.4 is 5.43 Å². The van der Waals surface area contributed by atoms with Crippen LogP contribution in [0.3, 0.4) is 0 Å². The highest BCUT2D eigenvalue weighted by Gasteiger charge is 2.20. The smallest absolute Gasteiger partial charge is 0.201 e. The number of hydrogen-bond donors (Lipinski definition) is 0. The first-order chi connectivity index (χ1) is 13.9. The van der Waals surface area contributed by atoms with E-state index in [1.807, 2.05) is 42.7 Å². The van der Waals surface area contributed by atoms with E-state index in [0.717, 1.165) is 16.7 Å². The van der Waals surface area contributed by atoms with Crippen LogP contribution in [-0.2, 0) is 9.84 Å². The number of hydrogen-bond acceptors (Lipinski definition) is 5.